The van der Waals surface area contributed by atoms with E-state index in [4.69, 9.17) is 0 Å². The molecular weight excluding hydrogens is 246 g/mol. The summed E-state index contributed by atoms with van der Waals surface area (Å²) in [6.07, 6.45) is 11.8. The molecule has 1 rings (SSSR count). The molecule has 0 bridgehead atoms. The summed E-state index contributed by atoms with van der Waals surface area (Å²) in [6, 6.07) is 0.404. The van der Waals surface area contributed by atoms with E-state index in [2.05, 4.69) is 33.0 Å². The largest absolute Gasteiger partial charge is 0.353 e. The maximum atomic E-state index is 12.0. The summed E-state index contributed by atoms with van der Waals surface area (Å²) in [5.41, 5.74) is 0.385. The molecule has 118 valence electrons. The molecule has 1 aliphatic carbocycles. The van der Waals surface area contributed by atoms with Gasteiger partial charge in [-0.2, -0.15) is 0 Å². The molecule has 1 saturated carbocycles. The Morgan fingerprint density at radius 2 is 1.75 bits per heavy atom. The van der Waals surface area contributed by atoms with Gasteiger partial charge in [-0.05, 0) is 37.0 Å². The van der Waals surface area contributed by atoms with Gasteiger partial charge in [-0.3, -0.25) is 4.79 Å². The third-order valence-electron chi connectivity index (χ3n) is 4.51. The monoisotopic (exact) mass is 281 g/mol. The molecular formula is C18H35NO. The van der Waals surface area contributed by atoms with E-state index in [1.807, 2.05) is 0 Å². The smallest absolute Gasteiger partial charge is 0.220 e. The number of rotatable bonds is 8. The lowest BCUT2D eigenvalue weighted by Crippen LogP contribution is -2.42. The van der Waals surface area contributed by atoms with Gasteiger partial charge in [0.2, 0.25) is 5.91 Å². The average Bonchev–Trinajstić information content (AvgIpc) is 2.30. The Labute approximate surface area is 126 Å². The van der Waals surface area contributed by atoms with Crippen LogP contribution < -0.4 is 5.32 Å². The van der Waals surface area contributed by atoms with E-state index in [0.717, 1.165) is 31.6 Å². The first-order valence-electron chi connectivity index (χ1n) is 8.72. The van der Waals surface area contributed by atoms with Gasteiger partial charge in [0.05, 0.1) is 0 Å². The molecule has 1 amide bonds. The highest BCUT2D eigenvalue weighted by molar-refractivity contribution is 5.76. The molecule has 0 saturated heterocycles. The Hall–Kier alpha value is -0.530. The molecule has 0 aromatic heterocycles. The quantitative estimate of drug-likeness (QED) is 0.618. The Morgan fingerprint density at radius 3 is 2.40 bits per heavy atom. The van der Waals surface area contributed by atoms with Crippen LogP contribution in [0.2, 0.25) is 0 Å². The van der Waals surface area contributed by atoms with Gasteiger partial charge >= 0.3 is 0 Å². The molecule has 2 unspecified atom stereocenters. The summed E-state index contributed by atoms with van der Waals surface area (Å²) in [6.45, 7) is 9.21. The Morgan fingerprint density at radius 1 is 1.10 bits per heavy atom. The van der Waals surface area contributed by atoms with Gasteiger partial charge in [-0.25, -0.2) is 0 Å². The molecule has 0 radical (unpaired) electrons. The van der Waals surface area contributed by atoms with E-state index in [1.54, 1.807) is 0 Å². The Bertz CT molecular complexity index is 285. The zero-order valence-corrected chi connectivity index (χ0v) is 14.1. The average molecular weight is 281 g/mol. The van der Waals surface area contributed by atoms with Crippen molar-refractivity contribution in [3.05, 3.63) is 0 Å². The van der Waals surface area contributed by atoms with Gasteiger partial charge in [0, 0.05) is 12.5 Å². The normalized spacial score (nSPS) is 25.4. The first-order valence-corrected chi connectivity index (χ1v) is 8.72. The molecule has 1 aliphatic rings. The minimum Gasteiger partial charge on any atom is -0.353 e. The van der Waals surface area contributed by atoms with Crippen LogP contribution in [0.25, 0.3) is 0 Å². The third-order valence-corrected chi connectivity index (χ3v) is 4.51. The lowest BCUT2D eigenvalue weighted by atomic mass is 9.70. The second-order valence-electron chi connectivity index (χ2n) is 7.70. The van der Waals surface area contributed by atoms with Crippen LogP contribution in [0.15, 0.2) is 0 Å². The van der Waals surface area contributed by atoms with Crippen LogP contribution in [0.3, 0.4) is 0 Å². The molecule has 2 heteroatoms. The standard InChI is InChI=1S/C18H35NO/c1-5-6-7-8-9-10-11-17(20)19-16-12-15(2)13-18(3,4)14-16/h15-16H,5-14H2,1-4H3,(H,19,20). The van der Waals surface area contributed by atoms with Gasteiger partial charge in [-0.15, -0.1) is 0 Å². The highest BCUT2D eigenvalue weighted by Crippen LogP contribution is 2.38. The number of carbonyl (C=O) groups excluding carboxylic acids is 1. The Kier molecular flexibility index (Phi) is 7.61. The van der Waals surface area contributed by atoms with Crippen molar-refractivity contribution in [1.82, 2.24) is 5.32 Å². The summed E-state index contributed by atoms with van der Waals surface area (Å²) in [5.74, 6) is 1.01. The minimum absolute atomic E-state index is 0.274. The van der Waals surface area contributed by atoms with Crippen LogP contribution in [0, 0.1) is 11.3 Å². The predicted molar refractivity (Wildman–Crippen MR) is 86.7 cm³/mol. The minimum atomic E-state index is 0.274. The van der Waals surface area contributed by atoms with Gasteiger partial charge in [-0.1, -0.05) is 59.8 Å². The number of hydrogen-bond acceptors (Lipinski definition) is 1. The summed E-state index contributed by atoms with van der Waals surface area (Å²) in [4.78, 5) is 12.0. The van der Waals surface area contributed by atoms with Crippen LogP contribution in [0.1, 0.15) is 91.9 Å². The van der Waals surface area contributed by atoms with E-state index in [1.165, 1.54) is 38.5 Å². The summed E-state index contributed by atoms with van der Waals surface area (Å²) < 4.78 is 0. The zero-order chi connectivity index (χ0) is 15.0. The number of amides is 1. The van der Waals surface area contributed by atoms with Gasteiger partial charge < -0.3 is 5.32 Å². The van der Waals surface area contributed by atoms with E-state index >= 15 is 0 Å². The van der Waals surface area contributed by atoms with Gasteiger partial charge in [0.15, 0.2) is 0 Å². The van der Waals surface area contributed by atoms with Crippen LogP contribution in [-0.4, -0.2) is 11.9 Å². The highest BCUT2D eigenvalue weighted by atomic mass is 16.1. The second kappa shape index (κ2) is 8.69. The highest BCUT2D eigenvalue weighted by Gasteiger charge is 2.32. The second-order valence-corrected chi connectivity index (χ2v) is 7.70. The SMILES string of the molecule is CCCCCCCCC(=O)NC1CC(C)CC(C)(C)C1. The van der Waals surface area contributed by atoms with Gasteiger partial charge in [0.25, 0.3) is 0 Å². The van der Waals surface area contributed by atoms with E-state index < -0.39 is 0 Å². The molecule has 1 N–H and O–H groups in total. The fraction of sp³-hybridized carbons (Fsp3) is 0.944. The number of nitrogens with one attached hydrogen (secondary N) is 1. The number of carbonyl (C=O) groups is 1. The first kappa shape index (κ1) is 17.5. The number of hydrogen-bond donors (Lipinski definition) is 1. The fourth-order valence-electron chi connectivity index (χ4n) is 3.82. The summed E-state index contributed by atoms with van der Waals surface area (Å²) >= 11 is 0. The molecule has 0 aromatic rings. The van der Waals surface area contributed by atoms with Crippen LogP contribution in [0.4, 0.5) is 0 Å². The van der Waals surface area contributed by atoms with Crippen molar-refractivity contribution in [3.63, 3.8) is 0 Å². The van der Waals surface area contributed by atoms with Crippen molar-refractivity contribution in [2.45, 2.75) is 97.9 Å². The van der Waals surface area contributed by atoms with Crippen molar-refractivity contribution < 1.29 is 4.79 Å². The maximum Gasteiger partial charge on any atom is 0.220 e. The molecule has 1 fully saturated rings. The molecule has 0 spiro atoms. The molecule has 2 atom stereocenters. The van der Waals surface area contributed by atoms with Crippen molar-refractivity contribution in [2.24, 2.45) is 11.3 Å². The Balaban J connectivity index is 2.15. The van der Waals surface area contributed by atoms with E-state index in [0.29, 0.717) is 11.5 Å². The van der Waals surface area contributed by atoms with E-state index in [9.17, 15) is 4.79 Å². The van der Waals surface area contributed by atoms with Crippen molar-refractivity contribution >= 4 is 5.91 Å². The van der Waals surface area contributed by atoms with E-state index in [-0.39, 0.29) is 5.91 Å². The van der Waals surface area contributed by atoms with Crippen molar-refractivity contribution in [3.8, 4) is 0 Å². The lowest BCUT2D eigenvalue weighted by molar-refractivity contribution is -0.122. The summed E-state index contributed by atoms with van der Waals surface area (Å²) in [5, 5.41) is 3.27. The lowest BCUT2D eigenvalue weighted by Gasteiger charge is -2.39. The molecule has 0 aliphatic heterocycles. The first-order chi connectivity index (χ1) is 9.43. The molecule has 20 heavy (non-hydrogen) atoms. The molecule has 2 nitrogen and oxygen atoms in total. The fourth-order valence-corrected chi connectivity index (χ4v) is 3.82. The predicted octanol–water partition coefficient (Wildman–Crippen LogP) is 5.07. The third kappa shape index (κ3) is 7.31. The van der Waals surface area contributed by atoms with Crippen LogP contribution in [0.5, 0.6) is 0 Å². The topological polar surface area (TPSA) is 29.1 Å². The van der Waals surface area contributed by atoms with Crippen molar-refractivity contribution in [2.75, 3.05) is 0 Å². The maximum absolute atomic E-state index is 12.0. The van der Waals surface area contributed by atoms with Gasteiger partial charge in [0.1, 0.15) is 0 Å². The number of unbranched alkanes of at least 4 members (excludes halogenated alkanes) is 5. The summed E-state index contributed by atoms with van der Waals surface area (Å²) in [7, 11) is 0. The molecule has 0 heterocycles. The van der Waals surface area contributed by atoms with Crippen LogP contribution >= 0.6 is 0 Å². The zero-order valence-electron chi connectivity index (χ0n) is 14.1. The van der Waals surface area contributed by atoms with Crippen LogP contribution in [-0.2, 0) is 4.79 Å². The molecule has 0 aromatic carbocycles. The van der Waals surface area contributed by atoms with Crippen molar-refractivity contribution in [1.29, 1.82) is 0 Å².